The van der Waals surface area contributed by atoms with Gasteiger partial charge in [-0.05, 0) is 35.4 Å². The third kappa shape index (κ3) is 3.67. The van der Waals surface area contributed by atoms with Crippen LogP contribution in [0.25, 0.3) is 0 Å². The quantitative estimate of drug-likeness (QED) is 0.751. The second kappa shape index (κ2) is 7.57. The summed E-state index contributed by atoms with van der Waals surface area (Å²) >= 11 is 0. The van der Waals surface area contributed by atoms with E-state index in [0.29, 0.717) is 29.3 Å². The van der Waals surface area contributed by atoms with E-state index in [4.69, 9.17) is 9.47 Å². The van der Waals surface area contributed by atoms with E-state index in [1.54, 1.807) is 25.1 Å². The Kier molecular flexibility index (Phi) is 5.21. The predicted octanol–water partition coefficient (Wildman–Crippen LogP) is 3.23. The molecule has 3 rings (SSSR count). The molecule has 0 bridgehead atoms. The van der Waals surface area contributed by atoms with Gasteiger partial charge in [-0.15, -0.1) is 0 Å². The van der Waals surface area contributed by atoms with Gasteiger partial charge in [-0.25, -0.2) is 0 Å². The molecule has 3 N–H and O–H groups in total. The van der Waals surface area contributed by atoms with Gasteiger partial charge in [-0.1, -0.05) is 13.0 Å². The van der Waals surface area contributed by atoms with Gasteiger partial charge in [-0.2, -0.15) is 0 Å². The molecule has 1 aliphatic rings. The van der Waals surface area contributed by atoms with Gasteiger partial charge in [0, 0.05) is 24.4 Å². The van der Waals surface area contributed by atoms with E-state index >= 15 is 0 Å². The van der Waals surface area contributed by atoms with E-state index in [-0.39, 0.29) is 29.9 Å². The molecule has 7 nitrogen and oxygen atoms in total. The fourth-order valence-corrected chi connectivity index (χ4v) is 3.22. The molecule has 7 heteroatoms. The highest BCUT2D eigenvalue weighted by molar-refractivity contribution is 5.98. The lowest BCUT2D eigenvalue weighted by Crippen LogP contribution is -2.24. The van der Waals surface area contributed by atoms with Crippen molar-refractivity contribution in [1.29, 1.82) is 0 Å². The lowest BCUT2D eigenvalue weighted by molar-refractivity contribution is -0.117. The molecular weight excluding hydrogens is 348 g/mol. The maximum absolute atomic E-state index is 12.2. The van der Waals surface area contributed by atoms with E-state index < -0.39 is 0 Å². The Hall–Kier alpha value is -3.22. The summed E-state index contributed by atoms with van der Waals surface area (Å²) in [6, 6.07) is 8.61. The number of benzene rings is 2. The molecule has 0 radical (unpaired) electrons. The van der Waals surface area contributed by atoms with Crippen LogP contribution in [0, 0.1) is 0 Å². The van der Waals surface area contributed by atoms with Crippen LogP contribution in [0.2, 0.25) is 0 Å². The van der Waals surface area contributed by atoms with Gasteiger partial charge in [0.25, 0.3) is 0 Å². The number of phenols is 1. The highest BCUT2D eigenvalue weighted by Gasteiger charge is 2.29. The van der Waals surface area contributed by atoms with Crippen LogP contribution in [0.1, 0.15) is 36.8 Å². The maximum atomic E-state index is 12.2. The van der Waals surface area contributed by atoms with Crippen molar-refractivity contribution in [3.05, 3.63) is 41.5 Å². The van der Waals surface area contributed by atoms with Gasteiger partial charge in [0.2, 0.25) is 11.8 Å². The first-order chi connectivity index (χ1) is 13.0. The number of phenolic OH excluding ortho intramolecular Hbond substituents is 1. The first-order valence-corrected chi connectivity index (χ1v) is 8.65. The number of rotatable bonds is 5. The standard InChI is InChI=1S/C20H22N2O5/c1-4-19(24)22-15-10-14-13(8-18(15)27-3)12(9-20(25)21-14)11-5-6-17(26-2)16(23)7-11/h5-8,10,12,23H,4,9H2,1-3H3,(H,21,25)(H,22,24). The van der Waals surface area contributed by atoms with Crippen molar-refractivity contribution >= 4 is 23.2 Å². The fraction of sp³-hybridized carbons (Fsp3) is 0.300. The number of hydrogen-bond donors (Lipinski definition) is 3. The first-order valence-electron chi connectivity index (χ1n) is 8.65. The number of fused-ring (bicyclic) bond motifs is 1. The summed E-state index contributed by atoms with van der Waals surface area (Å²) in [5.41, 5.74) is 2.75. The summed E-state index contributed by atoms with van der Waals surface area (Å²) in [6.45, 7) is 1.76. The summed E-state index contributed by atoms with van der Waals surface area (Å²) in [4.78, 5) is 24.0. The van der Waals surface area contributed by atoms with Crippen molar-refractivity contribution in [2.45, 2.75) is 25.7 Å². The summed E-state index contributed by atoms with van der Waals surface area (Å²) in [7, 11) is 3.01. The monoisotopic (exact) mass is 370 g/mol. The number of nitrogens with one attached hydrogen (secondary N) is 2. The number of methoxy groups -OCH3 is 2. The molecule has 0 aliphatic carbocycles. The number of carbonyl (C=O) groups is 2. The number of anilines is 2. The van der Waals surface area contributed by atoms with E-state index in [1.807, 2.05) is 12.1 Å². The van der Waals surface area contributed by atoms with E-state index in [9.17, 15) is 14.7 Å². The van der Waals surface area contributed by atoms with Crippen molar-refractivity contribution in [1.82, 2.24) is 0 Å². The molecule has 27 heavy (non-hydrogen) atoms. The van der Waals surface area contributed by atoms with E-state index in [0.717, 1.165) is 11.1 Å². The summed E-state index contributed by atoms with van der Waals surface area (Å²) in [5.74, 6) is 0.355. The van der Waals surface area contributed by atoms with Crippen LogP contribution in [-0.4, -0.2) is 31.1 Å². The molecule has 1 atom stereocenters. The molecule has 142 valence electrons. The summed E-state index contributed by atoms with van der Waals surface area (Å²) < 4.78 is 10.5. The number of amides is 2. The number of aromatic hydroxyl groups is 1. The van der Waals surface area contributed by atoms with Gasteiger partial charge in [0.1, 0.15) is 5.75 Å². The Morgan fingerprint density at radius 1 is 1.22 bits per heavy atom. The van der Waals surface area contributed by atoms with Crippen molar-refractivity contribution in [3.8, 4) is 17.2 Å². The Morgan fingerprint density at radius 2 is 1.96 bits per heavy atom. The van der Waals surface area contributed by atoms with Crippen molar-refractivity contribution in [2.24, 2.45) is 0 Å². The molecular formula is C20H22N2O5. The van der Waals surface area contributed by atoms with Gasteiger partial charge >= 0.3 is 0 Å². The molecule has 1 aliphatic heterocycles. The average molecular weight is 370 g/mol. The Morgan fingerprint density at radius 3 is 2.59 bits per heavy atom. The highest BCUT2D eigenvalue weighted by Crippen LogP contribution is 2.43. The molecule has 1 heterocycles. The lowest BCUT2D eigenvalue weighted by atomic mass is 9.84. The summed E-state index contributed by atoms with van der Waals surface area (Å²) in [5, 5.41) is 15.7. The molecule has 0 saturated carbocycles. The molecule has 0 spiro atoms. The van der Waals surface area contributed by atoms with Crippen LogP contribution in [0.15, 0.2) is 30.3 Å². The second-order valence-electron chi connectivity index (χ2n) is 6.28. The number of carbonyl (C=O) groups excluding carboxylic acids is 2. The van der Waals surface area contributed by atoms with E-state index in [2.05, 4.69) is 10.6 Å². The average Bonchev–Trinajstić information content (AvgIpc) is 2.66. The molecule has 2 amide bonds. The largest absolute Gasteiger partial charge is 0.504 e. The van der Waals surface area contributed by atoms with Crippen molar-refractivity contribution < 1.29 is 24.2 Å². The van der Waals surface area contributed by atoms with Crippen molar-refractivity contribution in [2.75, 3.05) is 24.9 Å². The molecule has 1 unspecified atom stereocenters. The normalized spacial score (nSPS) is 15.5. The number of hydrogen-bond acceptors (Lipinski definition) is 5. The predicted molar refractivity (Wildman–Crippen MR) is 102 cm³/mol. The third-order valence-corrected chi connectivity index (χ3v) is 4.61. The molecule has 2 aromatic carbocycles. The minimum Gasteiger partial charge on any atom is -0.504 e. The Bertz CT molecular complexity index is 894. The Labute approximate surface area is 157 Å². The van der Waals surface area contributed by atoms with Gasteiger partial charge in [0.15, 0.2) is 11.5 Å². The third-order valence-electron chi connectivity index (χ3n) is 4.61. The van der Waals surface area contributed by atoms with Crippen LogP contribution < -0.4 is 20.1 Å². The van der Waals surface area contributed by atoms with Gasteiger partial charge in [0.05, 0.1) is 19.9 Å². The van der Waals surface area contributed by atoms with Crippen LogP contribution >= 0.6 is 0 Å². The van der Waals surface area contributed by atoms with E-state index in [1.165, 1.54) is 14.2 Å². The zero-order valence-electron chi connectivity index (χ0n) is 15.5. The second-order valence-corrected chi connectivity index (χ2v) is 6.28. The lowest BCUT2D eigenvalue weighted by Gasteiger charge is -2.28. The van der Waals surface area contributed by atoms with Crippen LogP contribution in [-0.2, 0) is 9.59 Å². The van der Waals surface area contributed by atoms with Crippen LogP contribution in [0.4, 0.5) is 11.4 Å². The van der Waals surface area contributed by atoms with Gasteiger partial charge < -0.3 is 25.2 Å². The molecule has 0 saturated heterocycles. The van der Waals surface area contributed by atoms with Crippen LogP contribution in [0.5, 0.6) is 17.2 Å². The zero-order chi connectivity index (χ0) is 19.6. The minimum absolute atomic E-state index is 0.0151. The zero-order valence-corrected chi connectivity index (χ0v) is 15.5. The smallest absolute Gasteiger partial charge is 0.225 e. The molecule has 2 aromatic rings. The first kappa shape index (κ1) is 18.6. The minimum atomic E-state index is -0.254. The van der Waals surface area contributed by atoms with Gasteiger partial charge in [-0.3, -0.25) is 9.59 Å². The Balaban J connectivity index is 2.07. The number of ether oxygens (including phenoxy) is 2. The summed E-state index contributed by atoms with van der Waals surface area (Å²) in [6.07, 6.45) is 0.572. The highest BCUT2D eigenvalue weighted by atomic mass is 16.5. The maximum Gasteiger partial charge on any atom is 0.225 e. The molecule has 0 aromatic heterocycles. The molecule has 0 fully saturated rings. The topological polar surface area (TPSA) is 96.9 Å². The SMILES string of the molecule is CCC(=O)Nc1cc2c(cc1OC)C(c1ccc(OC)c(O)c1)CC(=O)N2. The van der Waals surface area contributed by atoms with Crippen molar-refractivity contribution in [3.63, 3.8) is 0 Å². The van der Waals surface area contributed by atoms with Crippen LogP contribution in [0.3, 0.4) is 0 Å². The fourth-order valence-electron chi connectivity index (χ4n) is 3.22.